The number of para-hydroxylation sites is 2. The van der Waals surface area contributed by atoms with Crippen molar-refractivity contribution in [1.82, 2.24) is 19.2 Å². The summed E-state index contributed by atoms with van der Waals surface area (Å²) in [6.07, 6.45) is 3.37. The molecule has 3 heterocycles. The molecule has 1 aliphatic heterocycles. The van der Waals surface area contributed by atoms with Crippen LogP contribution in [0.25, 0.3) is 16.7 Å². The van der Waals surface area contributed by atoms with Crippen LogP contribution < -0.4 is 15.9 Å². The van der Waals surface area contributed by atoms with E-state index in [1.807, 2.05) is 55.5 Å². The van der Waals surface area contributed by atoms with Crippen LogP contribution in [-0.2, 0) is 11.3 Å². The number of aromatic nitrogens is 4. The summed E-state index contributed by atoms with van der Waals surface area (Å²) in [5, 5.41) is 7.37. The van der Waals surface area contributed by atoms with E-state index in [0.717, 1.165) is 37.0 Å². The Morgan fingerprint density at radius 3 is 2.55 bits per heavy atom. The van der Waals surface area contributed by atoms with Crippen LogP contribution in [0.1, 0.15) is 24.8 Å². The first-order valence-corrected chi connectivity index (χ1v) is 10.6. The van der Waals surface area contributed by atoms with Crippen LogP contribution in [0.4, 0.5) is 11.5 Å². The number of carbonyl (C=O) groups is 1. The fourth-order valence-electron chi connectivity index (χ4n) is 4.08. The largest absolute Gasteiger partial charge is 0.353 e. The van der Waals surface area contributed by atoms with Gasteiger partial charge in [-0.15, -0.1) is 5.10 Å². The Hall–Kier alpha value is -3.68. The molecule has 4 aromatic rings. The smallest absolute Gasteiger partial charge is 0.351 e. The van der Waals surface area contributed by atoms with E-state index in [-0.39, 0.29) is 18.1 Å². The lowest BCUT2D eigenvalue weighted by Crippen LogP contribution is -2.31. The normalized spacial score (nSPS) is 14.3. The first-order chi connectivity index (χ1) is 15.1. The highest BCUT2D eigenvalue weighted by Gasteiger charge is 2.22. The molecule has 2 aromatic heterocycles. The number of piperidine rings is 1. The standard InChI is InChI=1S/C23H24N6O2/c1-16-9-11-17(12-10-16)24-20(30)15-28-23(31)29-19-8-4-3-7-18(19)25-21(22(29)26-28)27-13-5-2-6-14-27/h3-4,7-12H,2,5-6,13-15H2,1H3,(H,24,30). The third kappa shape index (κ3) is 3.65. The van der Waals surface area contributed by atoms with E-state index >= 15 is 0 Å². The Labute approximate surface area is 179 Å². The fourth-order valence-corrected chi connectivity index (χ4v) is 4.08. The zero-order chi connectivity index (χ0) is 21.4. The second-order valence-electron chi connectivity index (χ2n) is 7.99. The minimum atomic E-state index is -0.342. The van der Waals surface area contributed by atoms with Gasteiger partial charge in [0.15, 0.2) is 5.82 Å². The second-order valence-corrected chi connectivity index (χ2v) is 7.99. The third-order valence-electron chi connectivity index (χ3n) is 5.67. The summed E-state index contributed by atoms with van der Waals surface area (Å²) < 4.78 is 2.80. The molecule has 8 heteroatoms. The molecule has 0 saturated carbocycles. The number of anilines is 2. The summed E-state index contributed by atoms with van der Waals surface area (Å²) in [6.45, 7) is 3.59. The molecule has 0 bridgehead atoms. The van der Waals surface area contributed by atoms with E-state index < -0.39 is 0 Å². The minimum Gasteiger partial charge on any atom is -0.353 e. The van der Waals surface area contributed by atoms with E-state index in [0.29, 0.717) is 22.7 Å². The summed E-state index contributed by atoms with van der Waals surface area (Å²) in [6, 6.07) is 15.1. The van der Waals surface area contributed by atoms with Gasteiger partial charge in [-0.05, 0) is 50.5 Å². The van der Waals surface area contributed by atoms with E-state index in [4.69, 9.17) is 4.98 Å². The Balaban J connectivity index is 1.55. The Bertz CT molecular complexity index is 1320. The summed E-state index contributed by atoms with van der Waals surface area (Å²) in [4.78, 5) is 32.9. The van der Waals surface area contributed by atoms with E-state index in [9.17, 15) is 9.59 Å². The monoisotopic (exact) mass is 416 g/mol. The lowest BCUT2D eigenvalue weighted by Gasteiger charge is -2.27. The van der Waals surface area contributed by atoms with Gasteiger partial charge in [0.1, 0.15) is 6.54 Å². The number of hydrogen-bond donors (Lipinski definition) is 1. The maximum absolute atomic E-state index is 13.2. The molecule has 8 nitrogen and oxygen atoms in total. The van der Waals surface area contributed by atoms with Crippen molar-refractivity contribution in [2.24, 2.45) is 0 Å². The minimum absolute atomic E-state index is 0.165. The van der Waals surface area contributed by atoms with Crippen molar-refractivity contribution in [2.45, 2.75) is 32.7 Å². The highest BCUT2D eigenvalue weighted by molar-refractivity contribution is 5.90. The maximum Gasteiger partial charge on any atom is 0.351 e. The van der Waals surface area contributed by atoms with Crippen molar-refractivity contribution in [3.05, 3.63) is 64.6 Å². The Morgan fingerprint density at radius 1 is 1.03 bits per heavy atom. The van der Waals surface area contributed by atoms with Crippen molar-refractivity contribution in [2.75, 3.05) is 23.3 Å². The van der Waals surface area contributed by atoms with E-state index in [1.54, 1.807) is 4.40 Å². The van der Waals surface area contributed by atoms with Gasteiger partial charge in [-0.25, -0.2) is 18.9 Å². The predicted octanol–water partition coefficient (Wildman–Crippen LogP) is 2.98. The topological polar surface area (TPSA) is 84.5 Å². The summed E-state index contributed by atoms with van der Waals surface area (Å²) in [5.41, 5.74) is 3.38. The maximum atomic E-state index is 13.2. The van der Waals surface area contributed by atoms with Crippen LogP contribution in [-0.4, -0.2) is 38.2 Å². The number of nitrogens with one attached hydrogen (secondary N) is 1. The highest BCUT2D eigenvalue weighted by Crippen LogP contribution is 2.25. The lowest BCUT2D eigenvalue weighted by atomic mass is 10.1. The lowest BCUT2D eigenvalue weighted by molar-refractivity contribution is -0.117. The molecule has 2 aromatic carbocycles. The van der Waals surface area contributed by atoms with Crippen LogP contribution >= 0.6 is 0 Å². The van der Waals surface area contributed by atoms with Crippen LogP contribution in [0.2, 0.25) is 0 Å². The molecule has 31 heavy (non-hydrogen) atoms. The van der Waals surface area contributed by atoms with Gasteiger partial charge in [0.2, 0.25) is 11.6 Å². The summed E-state index contributed by atoms with van der Waals surface area (Å²) >= 11 is 0. The number of benzene rings is 2. The Kier molecular flexibility index (Phi) is 4.89. The third-order valence-corrected chi connectivity index (χ3v) is 5.67. The summed E-state index contributed by atoms with van der Waals surface area (Å²) in [5.74, 6) is 0.402. The molecule has 158 valence electrons. The average molecular weight is 416 g/mol. The second kappa shape index (κ2) is 7.86. The molecule has 1 N–H and O–H groups in total. The molecule has 0 spiro atoms. The zero-order valence-electron chi connectivity index (χ0n) is 17.4. The van der Waals surface area contributed by atoms with E-state index in [2.05, 4.69) is 15.3 Å². The van der Waals surface area contributed by atoms with Crippen LogP contribution in [0.5, 0.6) is 0 Å². The zero-order valence-corrected chi connectivity index (χ0v) is 17.4. The highest BCUT2D eigenvalue weighted by atomic mass is 16.2. The van der Waals surface area contributed by atoms with Crippen LogP contribution in [0.15, 0.2) is 53.3 Å². The van der Waals surface area contributed by atoms with Gasteiger partial charge in [0.05, 0.1) is 11.0 Å². The van der Waals surface area contributed by atoms with Gasteiger partial charge >= 0.3 is 5.69 Å². The van der Waals surface area contributed by atoms with Crippen molar-refractivity contribution in [3.8, 4) is 0 Å². The molecular weight excluding hydrogens is 392 g/mol. The molecule has 0 unspecified atom stereocenters. The molecule has 1 amide bonds. The van der Waals surface area contributed by atoms with E-state index in [1.165, 1.54) is 11.1 Å². The molecule has 0 atom stereocenters. The number of hydrogen-bond acceptors (Lipinski definition) is 5. The SMILES string of the molecule is Cc1ccc(NC(=O)Cn2nc3c(N4CCCCC4)nc4ccccc4n3c2=O)cc1. The number of rotatable bonds is 4. The Morgan fingerprint density at radius 2 is 1.77 bits per heavy atom. The molecular formula is C23H24N6O2. The van der Waals surface area contributed by atoms with Crippen LogP contribution in [0.3, 0.4) is 0 Å². The summed E-state index contributed by atoms with van der Waals surface area (Å²) in [7, 11) is 0. The van der Waals surface area contributed by atoms with Gasteiger partial charge in [-0.1, -0.05) is 29.8 Å². The van der Waals surface area contributed by atoms with Crippen molar-refractivity contribution >= 4 is 34.1 Å². The number of carbonyl (C=O) groups excluding carboxylic acids is 1. The van der Waals surface area contributed by atoms with Crippen molar-refractivity contribution < 1.29 is 4.79 Å². The molecule has 0 aliphatic carbocycles. The fraction of sp³-hybridized carbons (Fsp3) is 0.304. The first-order valence-electron chi connectivity index (χ1n) is 10.6. The van der Waals surface area contributed by atoms with Crippen molar-refractivity contribution in [1.29, 1.82) is 0 Å². The number of nitrogens with zero attached hydrogens (tertiary/aromatic N) is 5. The van der Waals surface area contributed by atoms with Gasteiger partial charge in [0.25, 0.3) is 0 Å². The number of fused-ring (bicyclic) bond motifs is 3. The number of amides is 1. The van der Waals surface area contributed by atoms with Gasteiger partial charge < -0.3 is 10.2 Å². The van der Waals surface area contributed by atoms with Gasteiger partial charge in [0, 0.05) is 18.8 Å². The first kappa shape index (κ1) is 19.3. The molecule has 1 saturated heterocycles. The van der Waals surface area contributed by atoms with Gasteiger partial charge in [-0.3, -0.25) is 4.79 Å². The predicted molar refractivity (Wildman–Crippen MR) is 121 cm³/mol. The molecule has 5 rings (SSSR count). The molecule has 1 fully saturated rings. The number of aryl methyl sites for hydroxylation is 1. The molecule has 1 aliphatic rings. The van der Waals surface area contributed by atoms with Crippen LogP contribution in [0, 0.1) is 6.92 Å². The van der Waals surface area contributed by atoms with Crippen molar-refractivity contribution in [3.63, 3.8) is 0 Å². The average Bonchev–Trinajstić information content (AvgIpc) is 3.11. The van der Waals surface area contributed by atoms with Gasteiger partial charge in [-0.2, -0.15) is 0 Å². The quantitative estimate of drug-likeness (QED) is 0.553. The molecule has 0 radical (unpaired) electrons.